The Morgan fingerprint density at radius 2 is 1.79 bits per heavy atom. The fourth-order valence-corrected chi connectivity index (χ4v) is 3.02. The summed E-state index contributed by atoms with van der Waals surface area (Å²) < 4.78 is 0. The van der Waals surface area contributed by atoms with Crippen molar-refractivity contribution in [2.75, 3.05) is 20.1 Å². The van der Waals surface area contributed by atoms with Crippen molar-refractivity contribution in [1.29, 1.82) is 0 Å². The summed E-state index contributed by atoms with van der Waals surface area (Å²) in [5.41, 5.74) is 3.37. The zero-order chi connectivity index (χ0) is 13.3. The van der Waals surface area contributed by atoms with Gasteiger partial charge in [0.15, 0.2) is 0 Å². The molecule has 1 aromatic carbocycles. The molecule has 0 aromatic heterocycles. The van der Waals surface area contributed by atoms with Gasteiger partial charge in [-0.15, -0.1) is 0 Å². The third-order valence-corrected chi connectivity index (χ3v) is 5.00. The van der Waals surface area contributed by atoms with Crippen LogP contribution in [0, 0.1) is 0 Å². The van der Waals surface area contributed by atoms with Gasteiger partial charge in [0, 0.05) is 25.2 Å². The van der Waals surface area contributed by atoms with E-state index in [0.29, 0.717) is 5.54 Å². The van der Waals surface area contributed by atoms with Crippen LogP contribution < -0.4 is 5.32 Å². The van der Waals surface area contributed by atoms with Crippen molar-refractivity contribution in [3.05, 3.63) is 35.4 Å². The van der Waals surface area contributed by atoms with Crippen molar-refractivity contribution in [2.24, 2.45) is 0 Å². The molecule has 1 N–H and O–H groups in total. The molecule has 1 saturated carbocycles. The highest BCUT2D eigenvalue weighted by atomic mass is 15.1. The largest absolute Gasteiger partial charge is 0.314 e. The summed E-state index contributed by atoms with van der Waals surface area (Å²) in [4.78, 5) is 2.59. The second-order valence-electron chi connectivity index (χ2n) is 6.60. The van der Waals surface area contributed by atoms with Crippen LogP contribution in [0.4, 0.5) is 0 Å². The summed E-state index contributed by atoms with van der Waals surface area (Å²) in [5.74, 6) is 0.875. The lowest BCUT2D eigenvalue weighted by atomic mass is 9.90. The van der Waals surface area contributed by atoms with E-state index in [4.69, 9.17) is 0 Å². The SMILES string of the molecule is CNC1(C)CCN(Cc2ccc(C3CC3)cc2)CC1. The van der Waals surface area contributed by atoms with E-state index < -0.39 is 0 Å². The van der Waals surface area contributed by atoms with Gasteiger partial charge in [-0.3, -0.25) is 4.90 Å². The van der Waals surface area contributed by atoms with Crippen molar-refractivity contribution in [2.45, 2.75) is 50.6 Å². The highest BCUT2D eigenvalue weighted by Crippen LogP contribution is 2.39. The molecule has 0 spiro atoms. The Labute approximate surface area is 117 Å². The number of hydrogen-bond donors (Lipinski definition) is 1. The van der Waals surface area contributed by atoms with Crippen LogP contribution in [0.1, 0.15) is 49.7 Å². The minimum Gasteiger partial charge on any atom is -0.314 e. The summed E-state index contributed by atoms with van der Waals surface area (Å²) in [5, 5.41) is 3.46. The average Bonchev–Trinajstić information content (AvgIpc) is 3.27. The van der Waals surface area contributed by atoms with E-state index >= 15 is 0 Å². The fraction of sp³-hybridized carbons (Fsp3) is 0.647. The van der Waals surface area contributed by atoms with Crippen molar-refractivity contribution >= 4 is 0 Å². The minimum atomic E-state index is 0.354. The van der Waals surface area contributed by atoms with Crippen LogP contribution in [0.5, 0.6) is 0 Å². The minimum absolute atomic E-state index is 0.354. The number of nitrogens with one attached hydrogen (secondary N) is 1. The molecule has 104 valence electrons. The Morgan fingerprint density at radius 1 is 1.16 bits per heavy atom. The summed E-state index contributed by atoms with van der Waals surface area (Å²) in [7, 11) is 2.09. The lowest BCUT2D eigenvalue weighted by molar-refractivity contribution is 0.146. The van der Waals surface area contributed by atoms with Crippen LogP contribution in [-0.4, -0.2) is 30.6 Å². The van der Waals surface area contributed by atoms with Crippen molar-refractivity contribution in [1.82, 2.24) is 10.2 Å². The molecule has 0 bridgehead atoms. The number of hydrogen-bond acceptors (Lipinski definition) is 2. The second kappa shape index (κ2) is 5.26. The van der Waals surface area contributed by atoms with Crippen LogP contribution in [0.15, 0.2) is 24.3 Å². The molecule has 2 fully saturated rings. The van der Waals surface area contributed by atoms with Crippen molar-refractivity contribution in [3.8, 4) is 0 Å². The van der Waals surface area contributed by atoms with Crippen LogP contribution in [0.25, 0.3) is 0 Å². The highest BCUT2D eigenvalue weighted by Gasteiger charge is 2.28. The van der Waals surface area contributed by atoms with Gasteiger partial charge in [0.2, 0.25) is 0 Å². The predicted octanol–water partition coefficient (Wildman–Crippen LogP) is 3.14. The van der Waals surface area contributed by atoms with Crippen LogP contribution in [0.3, 0.4) is 0 Å². The first-order chi connectivity index (χ1) is 9.18. The molecule has 1 saturated heterocycles. The van der Waals surface area contributed by atoms with Crippen LogP contribution in [0.2, 0.25) is 0 Å². The standard InChI is InChI=1S/C17H26N2/c1-17(18-2)9-11-19(12-10-17)13-14-3-5-15(6-4-14)16-7-8-16/h3-6,16,18H,7-13H2,1-2H3. The Kier molecular flexibility index (Phi) is 3.64. The zero-order valence-electron chi connectivity index (χ0n) is 12.3. The van der Waals surface area contributed by atoms with E-state index in [1.54, 1.807) is 5.56 Å². The van der Waals surface area contributed by atoms with Crippen LogP contribution in [-0.2, 0) is 6.54 Å². The number of rotatable bonds is 4. The van der Waals surface area contributed by atoms with Gasteiger partial charge in [-0.1, -0.05) is 24.3 Å². The van der Waals surface area contributed by atoms with Gasteiger partial charge in [-0.2, -0.15) is 0 Å². The normalized spacial score (nSPS) is 23.5. The predicted molar refractivity (Wildman–Crippen MR) is 80.4 cm³/mol. The summed E-state index contributed by atoms with van der Waals surface area (Å²) in [6.45, 7) is 5.88. The highest BCUT2D eigenvalue weighted by molar-refractivity contribution is 5.28. The molecule has 2 aliphatic rings. The van der Waals surface area contributed by atoms with Gasteiger partial charge >= 0.3 is 0 Å². The Balaban J connectivity index is 1.54. The lowest BCUT2D eigenvalue weighted by Gasteiger charge is -2.39. The number of nitrogens with zero attached hydrogens (tertiary/aromatic N) is 1. The molecule has 0 atom stereocenters. The Bertz CT molecular complexity index is 411. The summed E-state index contributed by atoms with van der Waals surface area (Å²) >= 11 is 0. The van der Waals surface area contributed by atoms with Gasteiger partial charge in [0.25, 0.3) is 0 Å². The molecule has 0 radical (unpaired) electrons. The second-order valence-corrected chi connectivity index (χ2v) is 6.60. The molecule has 0 unspecified atom stereocenters. The smallest absolute Gasteiger partial charge is 0.0233 e. The number of piperidine rings is 1. The fourth-order valence-electron chi connectivity index (χ4n) is 3.02. The van der Waals surface area contributed by atoms with Crippen molar-refractivity contribution < 1.29 is 0 Å². The third kappa shape index (κ3) is 3.18. The average molecular weight is 258 g/mol. The van der Waals surface area contributed by atoms with Crippen molar-refractivity contribution in [3.63, 3.8) is 0 Å². The van der Waals surface area contributed by atoms with Gasteiger partial charge < -0.3 is 5.32 Å². The summed E-state index contributed by atoms with van der Waals surface area (Å²) in [6, 6.07) is 9.35. The zero-order valence-corrected chi connectivity index (χ0v) is 12.3. The quantitative estimate of drug-likeness (QED) is 0.892. The molecular weight excluding hydrogens is 232 g/mol. The van der Waals surface area contributed by atoms with E-state index in [9.17, 15) is 0 Å². The lowest BCUT2D eigenvalue weighted by Crippen LogP contribution is -2.49. The molecule has 2 nitrogen and oxygen atoms in total. The third-order valence-electron chi connectivity index (χ3n) is 5.00. The summed E-state index contributed by atoms with van der Waals surface area (Å²) in [6.07, 6.45) is 5.30. The van der Waals surface area contributed by atoms with E-state index in [-0.39, 0.29) is 0 Å². The maximum absolute atomic E-state index is 3.46. The van der Waals surface area contributed by atoms with Crippen LogP contribution >= 0.6 is 0 Å². The molecule has 0 amide bonds. The first kappa shape index (κ1) is 13.1. The van der Waals surface area contributed by atoms with Gasteiger partial charge in [-0.05, 0) is 56.7 Å². The Morgan fingerprint density at radius 3 is 2.32 bits per heavy atom. The maximum Gasteiger partial charge on any atom is 0.0233 e. The molecule has 1 aliphatic carbocycles. The Hall–Kier alpha value is -0.860. The molecule has 1 heterocycles. The first-order valence-electron chi connectivity index (χ1n) is 7.69. The molecule has 1 aromatic rings. The number of likely N-dealkylation sites (tertiary alicyclic amines) is 1. The molecular formula is C17H26N2. The maximum atomic E-state index is 3.46. The van der Waals surface area contributed by atoms with E-state index in [0.717, 1.165) is 12.5 Å². The molecule has 1 aliphatic heterocycles. The topological polar surface area (TPSA) is 15.3 Å². The van der Waals surface area contributed by atoms with E-state index in [1.165, 1.54) is 44.3 Å². The monoisotopic (exact) mass is 258 g/mol. The molecule has 3 rings (SSSR count). The number of benzene rings is 1. The van der Waals surface area contributed by atoms with E-state index in [1.807, 2.05) is 0 Å². The van der Waals surface area contributed by atoms with Gasteiger partial charge in [0.05, 0.1) is 0 Å². The molecule has 2 heteroatoms. The van der Waals surface area contributed by atoms with Gasteiger partial charge in [-0.25, -0.2) is 0 Å². The molecule has 19 heavy (non-hydrogen) atoms. The first-order valence-corrected chi connectivity index (χ1v) is 7.69. The van der Waals surface area contributed by atoms with E-state index in [2.05, 4.69) is 48.5 Å². The van der Waals surface area contributed by atoms with Gasteiger partial charge in [0.1, 0.15) is 0 Å².